The Kier molecular flexibility index (Phi) is 10.1. The van der Waals surface area contributed by atoms with E-state index < -0.39 is 42.8 Å². The molecule has 4 aliphatic carbocycles. The fourth-order valence-corrected chi connectivity index (χ4v) is 15.7. The van der Waals surface area contributed by atoms with Crippen LogP contribution in [0.5, 0.6) is 0 Å². The maximum Gasteiger partial charge on any atom is 2.00 e. The number of rotatable bonds is 2. The summed E-state index contributed by atoms with van der Waals surface area (Å²) >= 11 is 0. The smallest absolute Gasteiger partial charge is 0.748 e. The first-order valence-corrected chi connectivity index (χ1v) is 22.0. The average molecular weight is 766 g/mol. The van der Waals surface area contributed by atoms with Crippen molar-refractivity contribution in [3.05, 3.63) is 0 Å². The molecule has 0 amide bonds. The van der Waals surface area contributed by atoms with E-state index in [1.807, 2.05) is 0 Å². The zero-order valence-corrected chi connectivity index (χ0v) is 30.7. The minimum atomic E-state index is -5.12. The van der Waals surface area contributed by atoms with E-state index >= 15 is 0 Å². The first-order chi connectivity index (χ1) is 23.0. The summed E-state index contributed by atoms with van der Waals surface area (Å²) in [6, 6.07) is 0. The van der Waals surface area contributed by atoms with Crippen LogP contribution in [0.2, 0.25) is 0 Å². The average Bonchev–Trinajstić information content (AvgIpc) is 3.79. The van der Waals surface area contributed by atoms with Crippen molar-refractivity contribution < 1.29 is 43.0 Å². The molecule has 0 spiro atoms. The van der Waals surface area contributed by atoms with Gasteiger partial charge in [-0.05, 0) is 92.8 Å². The summed E-state index contributed by atoms with van der Waals surface area (Å²) in [5.74, 6) is 1.42. The van der Waals surface area contributed by atoms with Gasteiger partial charge in [-0.1, -0.05) is 38.5 Å². The summed E-state index contributed by atoms with van der Waals surface area (Å²) in [5.41, 5.74) is 0. The second-order valence-electron chi connectivity index (χ2n) is 16.8. The van der Waals surface area contributed by atoms with Gasteiger partial charge in [0.05, 0.1) is 80.1 Å². The van der Waals surface area contributed by atoms with Gasteiger partial charge >= 0.3 is 17.1 Å². The fraction of sp³-hybridized carbons (Fsp3) is 1.00. The van der Waals surface area contributed by atoms with Gasteiger partial charge < -0.3 is 9.11 Å². The molecule has 9 aliphatic rings. The molecule has 9 rings (SSSR count). The summed E-state index contributed by atoms with van der Waals surface area (Å²) in [4.78, 5) is 0. The van der Waals surface area contributed by atoms with Crippen LogP contribution >= 0.6 is 0 Å². The second-order valence-corrected chi connectivity index (χ2v) is 19.9. The van der Waals surface area contributed by atoms with Crippen LogP contribution in [-0.4, -0.2) is 85.8 Å². The minimum Gasteiger partial charge on any atom is -0.748 e. The molecule has 1 radical (unpaired) electrons. The quantitative estimate of drug-likeness (QED) is 0.134. The summed E-state index contributed by atoms with van der Waals surface area (Å²) in [5, 5.41) is 27.7. The molecule has 8 N–H and O–H groups in total. The van der Waals surface area contributed by atoms with Crippen molar-refractivity contribution in [1.29, 1.82) is 0 Å². The number of fused-ring (bicyclic) bond motifs is 20. The summed E-state index contributed by atoms with van der Waals surface area (Å²) in [7, 11) is -10.1. The van der Waals surface area contributed by atoms with Crippen molar-refractivity contribution in [2.24, 2.45) is 47.3 Å². The first-order valence-electron chi connectivity index (χ1n) is 19.0. The third-order valence-corrected chi connectivity index (χ3v) is 17.4. The maximum absolute atomic E-state index is 13.0. The molecule has 0 aromatic rings. The molecule has 18 unspecified atom stereocenters. The molecular formula is C32H54MnN8O6S2. The van der Waals surface area contributed by atoms with Gasteiger partial charge in [0.1, 0.15) is 0 Å². The first kappa shape index (κ1) is 36.0. The Labute approximate surface area is 301 Å². The van der Waals surface area contributed by atoms with Crippen LogP contribution in [0.4, 0.5) is 0 Å². The SMILES string of the molecule is O=S(=O)([O-])C1CCC2C3NC4NC(NC5NC(NC6NC(NC(N3)C2C1S(=O)(=O)[O-])C1CCCCC61)C1CCCCC51)C1CCCCC41.[Mn+2]. The van der Waals surface area contributed by atoms with E-state index in [1.165, 1.54) is 32.1 Å². The molecule has 18 atom stereocenters. The molecule has 17 heteroatoms. The number of nitrogens with one attached hydrogen (secondary N) is 8. The summed E-state index contributed by atoms with van der Waals surface area (Å²) in [6.45, 7) is 0. The van der Waals surface area contributed by atoms with Gasteiger partial charge in [0.25, 0.3) is 0 Å². The Morgan fingerprint density at radius 1 is 0.367 bits per heavy atom. The van der Waals surface area contributed by atoms with E-state index in [0.29, 0.717) is 41.9 Å². The second kappa shape index (κ2) is 13.7. The van der Waals surface area contributed by atoms with Crippen LogP contribution in [0.15, 0.2) is 0 Å². The molecule has 9 fully saturated rings. The third-order valence-electron chi connectivity index (χ3n) is 14.6. The predicted octanol–water partition coefficient (Wildman–Crippen LogP) is -0.349. The van der Waals surface area contributed by atoms with Crippen molar-refractivity contribution in [1.82, 2.24) is 42.5 Å². The zero-order chi connectivity index (χ0) is 32.9. The molecule has 0 aromatic carbocycles. The maximum atomic E-state index is 13.0. The largest absolute Gasteiger partial charge is 2.00 e. The molecule has 5 saturated heterocycles. The van der Waals surface area contributed by atoms with Crippen molar-refractivity contribution in [2.75, 3.05) is 0 Å². The molecule has 5 heterocycles. The topological polar surface area (TPSA) is 211 Å². The Morgan fingerprint density at radius 3 is 0.939 bits per heavy atom. The molecule has 4 saturated carbocycles. The van der Waals surface area contributed by atoms with Crippen molar-refractivity contribution in [2.45, 2.75) is 150 Å². The predicted molar refractivity (Wildman–Crippen MR) is 175 cm³/mol. The van der Waals surface area contributed by atoms with Crippen molar-refractivity contribution in [3.63, 3.8) is 0 Å². The van der Waals surface area contributed by atoms with Crippen LogP contribution in [0.3, 0.4) is 0 Å². The molecule has 49 heavy (non-hydrogen) atoms. The minimum absolute atomic E-state index is 0. The molecule has 0 aromatic heterocycles. The fourth-order valence-electron chi connectivity index (χ4n) is 12.7. The van der Waals surface area contributed by atoms with Gasteiger partial charge in [-0.3, -0.25) is 42.5 Å². The van der Waals surface area contributed by atoms with Gasteiger partial charge in [-0.25, -0.2) is 16.8 Å². The molecule has 14 nitrogen and oxygen atoms in total. The Morgan fingerprint density at radius 2 is 0.653 bits per heavy atom. The van der Waals surface area contributed by atoms with E-state index in [2.05, 4.69) is 42.5 Å². The van der Waals surface area contributed by atoms with Crippen molar-refractivity contribution >= 4 is 20.2 Å². The molecular weight excluding hydrogens is 711 g/mol. The Hall–Kier alpha value is 0.0195. The van der Waals surface area contributed by atoms with Gasteiger partial charge in [-0.2, -0.15) is 0 Å². The summed E-state index contributed by atoms with van der Waals surface area (Å²) < 4.78 is 76.3. The zero-order valence-electron chi connectivity index (χ0n) is 27.9. The van der Waals surface area contributed by atoms with E-state index in [4.69, 9.17) is 0 Å². The van der Waals surface area contributed by atoms with Crippen molar-refractivity contribution in [3.8, 4) is 0 Å². The number of hydrogen-bond acceptors (Lipinski definition) is 14. The van der Waals surface area contributed by atoms with Crippen LogP contribution in [0.25, 0.3) is 0 Å². The van der Waals surface area contributed by atoms with Gasteiger partial charge in [-0.15, -0.1) is 0 Å². The van der Waals surface area contributed by atoms with Crippen LogP contribution in [0.1, 0.15) is 89.9 Å². The van der Waals surface area contributed by atoms with Gasteiger partial charge in [0.15, 0.2) is 0 Å². The standard InChI is InChI=1S/C32H56N8O6S2.Mn/c41-47(42,43)22-14-13-21-23(24(22)48(44,45)46)32-39-30-20-12-6-5-11-19(20)28(37-30)35-26-16-8-2-1-7-15(16)25(33-26)34-27-17-9-3-4-10-18(17)29(36-27)38-31(21)40-32;/h15-40H,1-14H2,(H,41,42,43)(H,44,45,46);/q;+2/p-2. The molecule has 5 aliphatic heterocycles. The number of hydrogen-bond donors (Lipinski definition) is 8. The third kappa shape index (κ3) is 6.40. The normalized spacial score (nSPS) is 52.7. The van der Waals surface area contributed by atoms with E-state index in [1.54, 1.807) is 0 Å². The van der Waals surface area contributed by atoms with Crippen LogP contribution in [-0.2, 0) is 37.3 Å². The molecule has 8 bridgehead atoms. The Balaban J connectivity index is 0.00000348. The van der Waals surface area contributed by atoms with E-state index in [9.17, 15) is 25.9 Å². The van der Waals surface area contributed by atoms with Gasteiger partial charge in [0.2, 0.25) is 0 Å². The summed E-state index contributed by atoms with van der Waals surface area (Å²) in [6.07, 6.45) is 13.5. The molecule has 277 valence electrons. The monoisotopic (exact) mass is 765 g/mol. The van der Waals surface area contributed by atoms with Gasteiger partial charge in [0, 0.05) is 5.92 Å². The van der Waals surface area contributed by atoms with Crippen LogP contribution < -0.4 is 42.5 Å². The van der Waals surface area contributed by atoms with Crippen LogP contribution in [0, 0.1) is 47.3 Å². The van der Waals surface area contributed by atoms with E-state index in [0.717, 1.165) is 44.9 Å². The Bertz CT molecular complexity index is 1450. The van der Waals surface area contributed by atoms with E-state index in [-0.39, 0.29) is 72.6 Å².